The lowest BCUT2D eigenvalue weighted by Crippen LogP contribution is -2.32. The van der Waals surface area contributed by atoms with E-state index in [-0.39, 0.29) is 12.5 Å². The van der Waals surface area contributed by atoms with Crippen LogP contribution in [0.3, 0.4) is 0 Å². The number of carboxylic acid groups (broad SMARTS) is 1. The van der Waals surface area contributed by atoms with Gasteiger partial charge in [0, 0.05) is 11.9 Å². The molecule has 0 bridgehead atoms. The minimum Gasteiger partial charge on any atom is -0.481 e. The number of amides is 1. The molecule has 4 nitrogen and oxygen atoms in total. The van der Waals surface area contributed by atoms with Crippen molar-refractivity contribution >= 4 is 23.2 Å². The van der Waals surface area contributed by atoms with Crippen LogP contribution in [0.25, 0.3) is 0 Å². The molecule has 1 amide bonds. The molecule has 5 heteroatoms. The van der Waals surface area contributed by atoms with Gasteiger partial charge >= 0.3 is 5.97 Å². The molecule has 0 fully saturated rings. The fourth-order valence-electron chi connectivity index (χ4n) is 1.31. The fourth-order valence-corrected chi connectivity index (χ4v) is 2.14. The van der Waals surface area contributed by atoms with Crippen molar-refractivity contribution in [2.24, 2.45) is 5.92 Å². The van der Waals surface area contributed by atoms with Crippen LogP contribution < -0.4 is 5.32 Å². The lowest BCUT2D eigenvalue weighted by Gasteiger charge is -2.10. The highest BCUT2D eigenvalue weighted by molar-refractivity contribution is 7.08. The van der Waals surface area contributed by atoms with Crippen molar-refractivity contribution < 1.29 is 14.7 Å². The van der Waals surface area contributed by atoms with E-state index in [1.165, 1.54) is 11.3 Å². The number of carbonyl (C=O) groups excluding carboxylic acids is 1. The van der Waals surface area contributed by atoms with Gasteiger partial charge in [-0.25, -0.2) is 0 Å². The first-order valence-corrected chi connectivity index (χ1v) is 6.04. The molecule has 0 aliphatic heterocycles. The molecule has 0 radical (unpaired) electrons. The predicted molar refractivity (Wildman–Crippen MR) is 62.8 cm³/mol. The Bertz CT molecular complexity index is 386. The quantitative estimate of drug-likeness (QED) is 0.827. The number of hydrogen-bond donors (Lipinski definition) is 2. The van der Waals surface area contributed by atoms with Gasteiger partial charge in [-0.3, -0.25) is 9.59 Å². The first kappa shape index (κ1) is 12.7. The smallest absolute Gasteiger partial charge is 0.308 e. The van der Waals surface area contributed by atoms with Crippen LogP contribution in [0.2, 0.25) is 0 Å². The van der Waals surface area contributed by atoms with Crippen molar-refractivity contribution in [3.05, 3.63) is 21.9 Å². The highest BCUT2D eigenvalue weighted by atomic mass is 32.1. The number of thiophene rings is 1. The molecule has 16 heavy (non-hydrogen) atoms. The van der Waals surface area contributed by atoms with Crippen LogP contribution in [0, 0.1) is 12.8 Å². The molecule has 1 aromatic rings. The van der Waals surface area contributed by atoms with E-state index in [2.05, 4.69) is 5.32 Å². The molecule has 1 unspecified atom stereocenters. The summed E-state index contributed by atoms with van der Waals surface area (Å²) in [4.78, 5) is 22.4. The van der Waals surface area contributed by atoms with Gasteiger partial charge in [-0.1, -0.05) is 6.92 Å². The van der Waals surface area contributed by atoms with Crippen LogP contribution in [-0.4, -0.2) is 23.5 Å². The SMILES string of the molecule is CCC(CNC(=O)c1cscc1C)C(=O)O. The number of nitrogens with one attached hydrogen (secondary N) is 1. The molecule has 1 rings (SSSR count). The summed E-state index contributed by atoms with van der Waals surface area (Å²) >= 11 is 1.46. The Morgan fingerprint density at radius 1 is 1.50 bits per heavy atom. The first-order valence-electron chi connectivity index (χ1n) is 5.10. The van der Waals surface area contributed by atoms with Gasteiger partial charge in [-0.2, -0.15) is 11.3 Å². The third-order valence-electron chi connectivity index (χ3n) is 2.45. The van der Waals surface area contributed by atoms with Crippen LogP contribution in [0.5, 0.6) is 0 Å². The molecule has 0 saturated carbocycles. The number of carbonyl (C=O) groups is 2. The van der Waals surface area contributed by atoms with Crippen LogP contribution in [0.4, 0.5) is 0 Å². The number of rotatable bonds is 5. The Morgan fingerprint density at radius 3 is 2.62 bits per heavy atom. The zero-order chi connectivity index (χ0) is 12.1. The summed E-state index contributed by atoms with van der Waals surface area (Å²) in [5.41, 5.74) is 1.55. The summed E-state index contributed by atoms with van der Waals surface area (Å²) in [5, 5.41) is 15.1. The van der Waals surface area contributed by atoms with E-state index in [4.69, 9.17) is 5.11 Å². The van der Waals surface area contributed by atoms with E-state index in [0.29, 0.717) is 12.0 Å². The summed E-state index contributed by atoms with van der Waals surface area (Å²) in [6, 6.07) is 0. The maximum atomic E-state index is 11.7. The van der Waals surface area contributed by atoms with Gasteiger partial charge in [-0.05, 0) is 24.3 Å². The largest absolute Gasteiger partial charge is 0.481 e. The Morgan fingerprint density at radius 2 is 2.19 bits per heavy atom. The molecule has 0 saturated heterocycles. The molecular weight excluding hydrogens is 226 g/mol. The summed E-state index contributed by atoms with van der Waals surface area (Å²) in [7, 11) is 0. The lowest BCUT2D eigenvalue weighted by molar-refractivity contribution is -0.141. The van der Waals surface area contributed by atoms with Crippen LogP contribution in [0.15, 0.2) is 10.8 Å². The van der Waals surface area contributed by atoms with Crippen LogP contribution >= 0.6 is 11.3 Å². The fraction of sp³-hybridized carbons (Fsp3) is 0.455. The molecule has 1 atom stereocenters. The molecule has 0 spiro atoms. The average Bonchev–Trinajstić information content (AvgIpc) is 2.64. The highest BCUT2D eigenvalue weighted by Crippen LogP contribution is 2.13. The Balaban J connectivity index is 2.53. The number of aryl methyl sites for hydroxylation is 1. The second-order valence-electron chi connectivity index (χ2n) is 3.62. The minimum absolute atomic E-state index is 0.181. The van der Waals surface area contributed by atoms with Gasteiger partial charge in [-0.15, -0.1) is 0 Å². The van der Waals surface area contributed by atoms with E-state index < -0.39 is 11.9 Å². The number of carboxylic acids is 1. The summed E-state index contributed by atoms with van der Waals surface area (Å²) in [6.45, 7) is 3.83. The topological polar surface area (TPSA) is 66.4 Å². The molecule has 1 heterocycles. The summed E-state index contributed by atoms with van der Waals surface area (Å²) in [5.74, 6) is -1.58. The normalized spacial score (nSPS) is 12.1. The summed E-state index contributed by atoms with van der Waals surface area (Å²) in [6.07, 6.45) is 0.512. The highest BCUT2D eigenvalue weighted by Gasteiger charge is 2.17. The standard InChI is InChI=1S/C11H15NO3S/c1-3-8(11(14)15)4-12-10(13)9-6-16-5-7(9)2/h5-6,8H,3-4H2,1-2H3,(H,12,13)(H,14,15). The Kier molecular flexibility index (Phi) is 4.49. The minimum atomic E-state index is -0.871. The molecular formula is C11H15NO3S. The number of hydrogen-bond acceptors (Lipinski definition) is 3. The molecule has 0 aliphatic carbocycles. The van der Waals surface area contributed by atoms with Crippen molar-refractivity contribution in [2.45, 2.75) is 20.3 Å². The van der Waals surface area contributed by atoms with Crippen LogP contribution in [0.1, 0.15) is 29.3 Å². The van der Waals surface area contributed by atoms with Gasteiger partial charge < -0.3 is 10.4 Å². The molecule has 88 valence electrons. The van der Waals surface area contributed by atoms with E-state index in [9.17, 15) is 9.59 Å². The van der Waals surface area contributed by atoms with Gasteiger partial charge in [0.05, 0.1) is 11.5 Å². The zero-order valence-corrected chi connectivity index (χ0v) is 10.1. The van der Waals surface area contributed by atoms with E-state index >= 15 is 0 Å². The molecule has 0 aliphatic rings. The predicted octanol–water partition coefficient (Wildman–Crippen LogP) is 1.90. The van der Waals surface area contributed by atoms with E-state index in [1.54, 1.807) is 12.3 Å². The van der Waals surface area contributed by atoms with E-state index in [1.807, 2.05) is 12.3 Å². The van der Waals surface area contributed by atoms with Gasteiger partial charge in [0.25, 0.3) is 5.91 Å². The van der Waals surface area contributed by atoms with Crippen molar-refractivity contribution in [1.82, 2.24) is 5.32 Å². The van der Waals surface area contributed by atoms with Crippen molar-refractivity contribution in [3.63, 3.8) is 0 Å². The van der Waals surface area contributed by atoms with E-state index in [0.717, 1.165) is 5.56 Å². The number of aliphatic carboxylic acids is 1. The van der Waals surface area contributed by atoms with Gasteiger partial charge in [0.1, 0.15) is 0 Å². The second kappa shape index (κ2) is 5.65. The monoisotopic (exact) mass is 241 g/mol. The zero-order valence-electron chi connectivity index (χ0n) is 9.32. The summed E-state index contributed by atoms with van der Waals surface area (Å²) < 4.78 is 0. The average molecular weight is 241 g/mol. The van der Waals surface area contributed by atoms with Gasteiger partial charge in [0.15, 0.2) is 0 Å². The van der Waals surface area contributed by atoms with Crippen molar-refractivity contribution in [2.75, 3.05) is 6.54 Å². The van der Waals surface area contributed by atoms with Gasteiger partial charge in [0.2, 0.25) is 0 Å². The third-order valence-corrected chi connectivity index (χ3v) is 3.31. The van der Waals surface area contributed by atoms with Crippen molar-refractivity contribution in [1.29, 1.82) is 0 Å². The molecule has 2 N–H and O–H groups in total. The van der Waals surface area contributed by atoms with Crippen molar-refractivity contribution in [3.8, 4) is 0 Å². The van der Waals surface area contributed by atoms with Crippen LogP contribution in [-0.2, 0) is 4.79 Å². The Hall–Kier alpha value is -1.36. The third kappa shape index (κ3) is 3.06. The maximum Gasteiger partial charge on any atom is 0.308 e. The molecule has 0 aromatic carbocycles. The lowest BCUT2D eigenvalue weighted by atomic mass is 10.1. The first-order chi connectivity index (χ1) is 7.56. The maximum absolute atomic E-state index is 11.7. The Labute approximate surface area is 98.3 Å². The molecule has 1 aromatic heterocycles. The second-order valence-corrected chi connectivity index (χ2v) is 4.37.